The number of halogens is 1. The van der Waals surface area contributed by atoms with E-state index in [9.17, 15) is 14.1 Å². The second kappa shape index (κ2) is 7.62. The lowest BCUT2D eigenvalue weighted by Crippen LogP contribution is -2.47. The van der Waals surface area contributed by atoms with Gasteiger partial charge >= 0.3 is 0 Å². The number of benzene rings is 3. The largest absolute Gasteiger partial charge is 0.366 e. The van der Waals surface area contributed by atoms with E-state index in [2.05, 4.69) is 15.9 Å². The van der Waals surface area contributed by atoms with Gasteiger partial charge in [-0.2, -0.15) is 0 Å². The van der Waals surface area contributed by atoms with Gasteiger partial charge in [-0.15, -0.1) is 0 Å². The van der Waals surface area contributed by atoms with Crippen molar-refractivity contribution in [2.24, 2.45) is 0 Å². The molecule has 0 fully saturated rings. The van der Waals surface area contributed by atoms with Gasteiger partial charge < -0.3 is 5.11 Å². The van der Waals surface area contributed by atoms with Crippen LogP contribution in [-0.2, 0) is 22.9 Å². The minimum Gasteiger partial charge on any atom is -0.366 e. The highest BCUT2D eigenvalue weighted by atomic mass is 79.9. The summed E-state index contributed by atoms with van der Waals surface area (Å²) in [5.41, 5.74) is 0.343. The number of aliphatic hydroxyl groups is 1. The predicted octanol–water partition coefficient (Wildman–Crippen LogP) is 4.06. The molecule has 0 spiro atoms. The van der Waals surface area contributed by atoms with Gasteiger partial charge in [0.1, 0.15) is 5.88 Å². The molecule has 0 bridgehead atoms. The summed E-state index contributed by atoms with van der Waals surface area (Å²) < 4.78 is 13.7. The average molecular weight is 456 g/mol. The van der Waals surface area contributed by atoms with Crippen LogP contribution in [0.3, 0.4) is 0 Å². The van der Waals surface area contributed by atoms with Gasteiger partial charge in [0.15, 0.2) is 5.72 Å². The molecule has 4 nitrogen and oxygen atoms in total. The predicted molar refractivity (Wildman–Crippen MR) is 112 cm³/mol. The molecule has 0 unspecified atom stereocenters. The van der Waals surface area contributed by atoms with Crippen LogP contribution in [0.5, 0.6) is 0 Å². The van der Waals surface area contributed by atoms with Gasteiger partial charge in [0, 0.05) is 22.0 Å². The van der Waals surface area contributed by atoms with Crippen LogP contribution in [-0.4, -0.2) is 26.0 Å². The number of fused-ring (bicyclic) bond motifs is 1. The van der Waals surface area contributed by atoms with E-state index in [0.717, 1.165) is 5.56 Å². The van der Waals surface area contributed by atoms with Gasteiger partial charge in [0.2, 0.25) is 0 Å². The Morgan fingerprint density at radius 2 is 1.57 bits per heavy atom. The Labute approximate surface area is 174 Å². The zero-order valence-electron chi connectivity index (χ0n) is 14.9. The molecule has 28 heavy (non-hydrogen) atoms. The van der Waals surface area contributed by atoms with Crippen molar-refractivity contribution in [3.63, 3.8) is 0 Å². The highest BCUT2D eigenvalue weighted by Gasteiger charge is 2.49. The van der Waals surface area contributed by atoms with Gasteiger partial charge in [-0.1, -0.05) is 60.7 Å². The third-order valence-corrected chi connectivity index (χ3v) is 7.20. The van der Waals surface area contributed by atoms with Crippen molar-refractivity contribution in [1.29, 1.82) is 0 Å². The smallest absolute Gasteiger partial charge is 0.257 e. The molecule has 142 valence electrons. The fourth-order valence-corrected chi connectivity index (χ4v) is 5.58. The van der Waals surface area contributed by atoms with Crippen LogP contribution in [0.4, 0.5) is 0 Å². The summed E-state index contributed by atoms with van der Waals surface area (Å²) in [7, 11) is -1.50. The Bertz CT molecular complexity index is 1060. The third-order valence-electron chi connectivity index (χ3n) is 4.90. The molecular weight excluding hydrogens is 438 g/mol. The molecular formula is C22H18BrNO3S. The van der Waals surface area contributed by atoms with Crippen LogP contribution >= 0.6 is 15.9 Å². The fraction of sp³-hybridized carbons (Fsp3) is 0.136. The van der Waals surface area contributed by atoms with Gasteiger partial charge in [-0.25, -0.2) is 0 Å². The number of nitrogens with zero attached hydrogens (tertiary/aromatic N) is 1. The molecule has 3 aromatic rings. The molecule has 0 saturated heterocycles. The van der Waals surface area contributed by atoms with E-state index in [1.807, 2.05) is 42.5 Å². The fourth-order valence-electron chi connectivity index (χ4n) is 3.53. The second-order valence-electron chi connectivity index (χ2n) is 6.66. The van der Waals surface area contributed by atoms with Crippen LogP contribution in [0.1, 0.15) is 21.5 Å². The molecule has 2 atom stereocenters. The molecule has 0 saturated carbocycles. The van der Waals surface area contributed by atoms with Crippen LogP contribution in [0.15, 0.2) is 88.2 Å². The summed E-state index contributed by atoms with van der Waals surface area (Å²) in [6, 6.07) is 23.8. The van der Waals surface area contributed by atoms with Crippen LogP contribution in [0.2, 0.25) is 0 Å². The second-order valence-corrected chi connectivity index (χ2v) is 8.91. The van der Waals surface area contributed by atoms with E-state index in [4.69, 9.17) is 0 Å². The van der Waals surface area contributed by atoms with Crippen molar-refractivity contribution in [3.8, 4) is 0 Å². The molecule has 0 aromatic heterocycles. The summed E-state index contributed by atoms with van der Waals surface area (Å²) >= 11 is 3.41. The zero-order chi connectivity index (χ0) is 19.7. The molecule has 1 amide bonds. The van der Waals surface area contributed by atoms with Crippen LogP contribution in [0, 0.1) is 0 Å². The van der Waals surface area contributed by atoms with Crippen molar-refractivity contribution in [1.82, 2.24) is 4.90 Å². The van der Waals surface area contributed by atoms with E-state index in [-0.39, 0.29) is 18.2 Å². The zero-order valence-corrected chi connectivity index (χ0v) is 17.3. The number of amides is 1. The summed E-state index contributed by atoms with van der Waals surface area (Å²) in [4.78, 5) is 15.0. The molecule has 1 heterocycles. The van der Waals surface area contributed by atoms with Crippen LogP contribution < -0.4 is 0 Å². The summed E-state index contributed by atoms with van der Waals surface area (Å²) in [6.07, 6.45) is 0.226. The van der Waals surface area contributed by atoms with Crippen LogP contribution in [0.25, 0.3) is 0 Å². The molecule has 0 radical (unpaired) electrons. The Balaban J connectivity index is 1.73. The standard InChI is InChI=1S/C22H18BrNO3S/c23-19-12-6-7-13-20(19)28(27)15-24-21(25)17-10-4-5-11-18(17)22(24,26)14-16-8-2-1-3-9-16/h1-13,26H,14-15H2/t22-,28+/m0/s1. The first-order chi connectivity index (χ1) is 13.5. The molecule has 6 heteroatoms. The first kappa shape index (κ1) is 19.1. The Hall–Kier alpha value is -2.28. The first-order valence-electron chi connectivity index (χ1n) is 8.81. The summed E-state index contributed by atoms with van der Waals surface area (Å²) in [5.74, 6) is -0.408. The highest BCUT2D eigenvalue weighted by Crippen LogP contribution is 2.40. The Kier molecular flexibility index (Phi) is 5.19. The third kappa shape index (κ3) is 3.32. The molecule has 1 aliphatic rings. The lowest BCUT2D eigenvalue weighted by molar-refractivity contribution is -0.0751. The van der Waals surface area contributed by atoms with E-state index in [0.29, 0.717) is 20.5 Å². The quantitative estimate of drug-likeness (QED) is 0.630. The van der Waals surface area contributed by atoms with E-state index >= 15 is 0 Å². The normalized spacial score (nSPS) is 19.5. The van der Waals surface area contributed by atoms with Gasteiger partial charge in [-0.3, -0.25) is 13.9 Å². The summed E-state index contributed by atoms with van der Waals surface area (Å²) in [6.45, 7) is 0. The maximum absolute atomic E-state index is 13.1. The number of carbonyl (C=O) groups is 1. The Morgan fingerprint density at radius 3 is 2.32 bits per heavy atom. The Morgan fingerprint density at radius 1 is 0.929 bits per heavy atom. The van der Waals surface area contributed by atoms with Crippen molar-refractivity contribution in [3.05, 3.63) is 100 Å². The number of hydrogen-bond donors (Lipinski definition) is 1. The number of hydrogen-bond acceptors (Lipinski definition) is 3. The molecule has 4 rings (SSSR count). The minimum absolute atomic E-state index is 0.0978. The lowest BCUT2D eigenvalue weighted by Gasteiger charge is -2.34. The SMILES string of the molecule is O=C1c2ccccc2[C@@](O)(Cc2ccccc2)N1C[S@@](=O)c1ccccc1Br. The number of rotatable bonds is 5. The summed E-state index contributed by atoms with van der Waals surface area (Å²) in [5, 5.41) is 11.7. The average Bonchev–Trinajstić information content (AvgIpc) is 2.91. The van der Waals surface area contributed by atoms with Crippen molar-refractivity contribution in [2.45, 2.75) is 17.0 Å². The van der Waals surface area contributed by atoms with E-state index < -0.39 is 16.5 Å². The maximum atomic E-state index is 13.1. The molecule has 0 aliphatic carbocycles. The molecule has 1 N–H and O–H groups in total. The first-order valence-corrected chi connectivity index (χ1v) is 10.9. The highest BCUT2D eigenvalue weighted by molar-refractivity contribution is 9.10. The van der Waals surface area contributed by atoms with Gasteiger partial charge in [0.25, 0.3) is 5.91 Å². The monoisotopic (exact) mass is 455 g/mol. The van der Waals surface area contributed by atoms with Gasteiger partial charge in [0.05, 0.1) is 15.7 Å². The number of carbonyl (C=O) groups excluding carboxylic acids is 1. The van der Waals surface area contributed by atoms with Crippen molar-refractivity contribution < 1.29 is 14.1 Å². The minimum atomic E-state index is -1.55. The van der Waals surface area contributed by atoms with Crippen molar-refractivity contribution >= 4 is 32.6 Å². The molecule has 3 aromatic carbocycles. The topological polar surface area (TPSA) is 57.6 Å². The molecule has 1 aliphatic heterocycles. The maximum Gasteiger partial charge on any atom is 0.257 e. The van der Waals surface area contributed by atoms with Crippen molar-refractivity contribution in [2.75, 3.05) is 5.88 Å². The lowest BCUT2D eigenvalue weighted by atomic mass is 9.94. The van der Waals surface area contributed by atoms with Gasteiger partial charge in [-0.05, 0) is 39.7 Å². The van der Waals surface area contributed by atoms with E-state index in [1.54, 1.807) is 36.4 Å². The van der Waals surface area contributed by atoms with E-state index in [1.165, 1.54) is 4.90 Å².